The van der Waals surface area contributed by atoms with Crippen molar-refractivity contribution in [2.45, 2.75) is 6.04 Å². The van der Waals surface area contributed by atoms with E-state index in [0.717, 1.165) is 11.3 Å². The second-order valence-electron chi connectivity index (χ2n) is 2.50. The van der Waals surface area contributed by atoms with E-state index in [9.17, 15) is 0 Å². The number of ether oxygens (including phenoxy) is 1. The van der Waals surface area contributed by atoms with Crippen LogP contribution in [0.5, 0.6) is 5.75 Å². The Bertz CT molecular complexity index is 252. The minimum atomic E-state index is -0.150. The van der Waals surface area contributed by atoms with Crippen molar-refractivity contribution in [3.63, 3.8) is 0 Å². The maximum atomic E-state index is 5.76. The van der Waals surface area contributed by atoms with Crippen molar-refractivity contribution in [1.82, 2.24) is 0 Å². The Morgan fingerprint density at radius 2 is 2.17 bits per heavy atom. The summed E-state index contributed by atoms with van der Waals surface area (Å²) in [6.45, 7) is 0. The fourth-order valence-corrected chi connectivity index (χ4v) is 1.22. The van der Waals surface area contributed by atoms with Gasteiger partial charge in [0.05, 0.1) is 7.11 Å². The molecule has 0 aliphatic rings. The Hall–Kier alpha value is -0.730. The number of hydrogen-bond acceptors (Lipinski definition) is 2. The van der Waals surface area contributed by atoms with Crippen molar-refractivity contribution in [2.75, 3.05) is 13.0 Å². The zero-order chi connectivity index (χ0) is 8.97. The largest absolute Gasteiger partial charge is 0.496 e. The molecule has 0 aromatic heterocycles. The highest BCUT2D eigenvalue weighted by Crippen LogP contribution is 2.23. The number of hydrogen-bond donors (Lipinski definition) is 1. The molecular formula is C9H12ClNO. The fourth-order valence-electron chi connectivity index (χ4n) is 1.06. The molecule has 3 heteroatoms. The Kier molecular flexibility index (Phi) is 3.38. The van der Waals surface area contributed by atoms with Crippen LogP contribution in [0.25, 0.3) is 0 Å². The first-order valence-electron chi connectivity index (χ1n) is 3.74. The SMILES string of the molecule is COc1ccccc1C(N)CCl. The summed E-state index contributed by atoms with van der Waals surface area (Å²) in [6, 6.07) is 7.48. The molecule has 0 saturated carbocycles. The molecule has 1 aromatic carbocycles. The molecule has 0 aliphatic heterocycles. The molecule has 1 aromatic rings. The van der Waals surface area contributed by atoms with Crippen molar-refractivity contribution in [3.05, 3.63) is 29.8 Å². The van der Waals surface area contributed by atoms with Crippen LogP contribution in [0.2, 0.25) is 0 Å². The Balaban J connectivity index is 2.96. The molecular weight excluding hydrogens is 174 g/mol. The minimum Gasteiger partial charge on any atom is -0.496 e. The fraction of sp³-hybridized carbons (Fsp3) is 0.333. The smallest absolute Gasteiger partial charge is 0.123 e. The van der Waals surface area contributed by atoms with Gasteiger partial charge < -0.3 is 10.5 Å². The zero-order valence-corrected chi connectivity index (χ0v) is 7.71. The summed E-state index contributed by atoms with van der Waals surface area (Å²) in [4.78, 5) is 0. The number of methoxy groups -OCH3 is 1. The normalized spacial score (nSPS) is 12.6. The third-order valence-electron chi connectivity index (χ3n) is 1.70. The van der Waals surface area contributed by atoms with E-state index < -0.39 is 0 Å². The van der Waals surface area contributed by atoms with Gasteiger partial charge in [-0.3, -0.25) is 0 Å². The van der Waals surface area contributed by atoms with Crippen LogP contribution in [-0.4, -0.2) is 13.0 Å². The van der Waals surface area contributed by atoms with E-state index >= 15 is 0 Å². The lowest BCUT2D eigenvalue weighted by molar-refractivity contribution is 0.407. The minimum absolute atomic E-state index is 0.150. The Labute approximate surface area is 77.3 Å². The first-order valence-corrected chi connectivity index (χ1v) is 4.27. The van der Waals surface area contributed by atoms with Gasteiger partial charge in [0.2, 0.25) is 0 Å². The van der Waals surface area contributed by atoms with E-state index in [4.69, 9.17) is 22.1 Å². The monoisotopic (exact) mass is 185 g/mol. The van der Waals surface area contributed by atoms with Crippen molar-refractivity contribution in [2.24, 2.45) is 5.73 Å². The summed E-state index contributed by atoms with van der Waals surface area (Å²) in [5.74, 6) is 1.20. The van der Waals surface area contributed by atoms with Gasteiger partial charge in [-0.15, -0.1) is 11.6 Å². The molecule has 0 saturated heterocycles. The number of para-hydroxylation sites is 1. The number of nitrogens with two attached hydrogens (primary N) is 1. The van der Waals surface area contributed by atoms with E-state index in [1.54, 1.807) is 7.11 Å². The molecule has 1 atom stereocenters. The number of rotatable bonds is 3. The van der Waals surface area contributed by atoms with Crippen LogP contribution in [0, 0.1) is 0 Å². The van der Waals surface area contributed by atoms with Crippen LogP contribution >= 0.6 is 11.6 Å². The molecule has 0 amide bonds. The lowest BCUT2D eigenvalue weighted by Crippen LogP contribution is -2.12. The van der Waals surface area contributed by atoms with Crippen molar-refractivity contribution in [3.8, 4) is 5.75 Å². The van der Waals surface area contributed by atoms with E-state index in [1.807, 2.05) is 24.3 Å². The lowest BCUT2D eigenvalue weighted by Gasteiger charge is -2.12. The molecule has 0 aliphatic carbocycles. The zero-order valence-electron chi connectivity index (χ0n) is 6.96. The number of benzene rings is 1. The lowest BCUT2D eigenvalue weighted by atomic mass is 10.1. The molecule has 0 fully saturated rings. The molecule has 0 spiro atoms. The standard InChI is InChI=1S/C9H12ClNO/c1-12-9-5-3-2-4-7(9)8(11)6-10/h2-5,8H,6,11H2,1H3. The molecule has 66 valence electrons. The van der Waals surface area contributed by atoms with E-state index in [2.05, 4.69) is 0 Å². The van der Waals surface area contributed by atoms with Gasteiger partial charge in [0, 0.05) is 17.5 Å². The van der Waals surface area contributed by atoms with Gasteiger partial charge >= 0.3 is 0 Å². The third-order valence-corrected chi connectivity index (χ3v) is 2.04. The van der Waals surface area contributed by atoms with Crippen LogP contribution in [0.3, 0.4) is 0 Å². The molecule has 1 rings (SSSR count). The molecule has 0 heterocycles. The number of alkyl halides is 1. The summed E-state index contributed by atoms with van der Waals surface area (Å²) in [5, 5.41) is 0. The van der Waals surface area contributed by atoms with Crippen molar-refractivity contribution < 1.29 is 4.74 Å². The molecule has 2 N–H and O–H groups in total. The average Bonchev–Trinajstić information content (AvgIpc) is 2.16. The molecule has 0 radical (unpaired) electrons. The van der Waals surface area contributed by atoms with Crippen LogP contribution < -0.4 is 10.5 Å². The van der Waals surface area contributed by atoms with Crippen LogP contribution in [-0.2, 0) is 0 Å². The van der Waals surface area contributed by atoms with E-state index in [-0.39, 0.29) is 6.04 Å². The third kappa shape index (κ3) is 1.90. The van der Waals surface area contributed by atoms with Crippen molar-refractivity contribution >= 4 is 11.6 Å². The highest BCUT2D eigenvalue weighted by Gasteiger charge is 2.08. The summed E-state index contributed by atoms with van der Waals surface area (Å²) in [7, 11) is 1.62. The van der Waals surface area contributed by atoms with Gasteiger partial charge in [-0.05, 0) is 6.07 Å². The summed E-state index contributed by atoms with van der Waals surface area (Å²) >= 11 is 5.63. The highest BCUT2D eigenvalue weighted by molar-refractivity contribution is 6.18. The maximum absolute atomic E-state index is 5.76. The molecule has 1 unspecified atom stereocenters. The van der Waals surface area contributed by atoms with Crippen LogP contribution in [0.4, 0.5) is 0 Å². The van der Waals surface area contributed by atoms with Gasteiger partial charge in [-0.2, -0.15) is 0 Å². The highest BCUT2D eigenvalue weighted by atomic mass is 35.5. The first kappa shape index (κ1) is 9.36. The quantitative estimate of drug-likeness (QED) is 0.731. The van der Waals surface area contributed by atoms with Gasteiger partial charge in [0.1, 0.15) is 5.75 Å². The number of halogens is 1. The van der Waals surface area contributed by atoms with Crippen LogP contribution in [0.15, 0.2) is 24.3 Å². The molecule has 2 nitrogen and oxygen atoms in total. The Morgan fingerprint density at radius 1 is 1.50 bits per heavy atom. The molecule has 0 bridgehead atoms. The maximum Gasteiger partial charge on any atom is 0.123 e. The van der Waals surface area contributed by atoms with E-state index in [1.165, 1.54) is 0 Å². The summed E-state index contributed by atoms with van der Waals surface area (Å²) < 4.78 is 5.13. The van der Waals surface area contributed by atoms with Crippen LogP contribution in [0.1, 0.15) is 11.6 Å². The second kappa shape index (κ2) is 4.33. The summed E-state index contributed by atoms with van der Waals surface area (Å²) in [6.07, 6.45) is 0. The van der Waals surface area contributed by atoms with Gasteiger partial charge in [0.25, 0.3) is 0 Å². The van der Waals surface area contributed by atoms with Crippen molar-refractivity contribution in [1.29, 1.82) is 0 Å². The summed E-state index contributed by atoms with van der Waals surface area (Å²) in [5.41, 5.74) is 6.71. The Morgan fingerprint density at radius 3 is 2.75 bits per heavy atom. The second-order valence-corrected chi connectivity index (χ2v) is 2.81. The molecule has 12 heavy (non-hydrogen) atoms. The predicted molar refractivity (Wildman–Crippen MR) is 50.6 cm³/mol. The van der Waals surface area contributed by atoms with Gasteiger partial charge in [-0.1, -0.05) is 18.2 Å². The van der Waals surface area contributed by atoms with Gasteiger partial charge in [-0.25, -0.2) is 0 Å². The topological polar surface area (TPSA) is 35.2 Å². The average molecular weight is 186 g/mol. The van der Waals surface area contributed by atoms with Gasteiger partial charge in [0.15, 0.2) is 0 Å². The first-order chi connectivity index (χ1) is 5.79. The predicted octanol–water partition coefficient (Wildman–Crippen LogP) is 1.93. The van der Waals surface area contributed by atoms with E-state index in [0.29, 0.717) is 5.88 Å².